The van der Waals surface area contributed by atoms with Crippen molar-refractivity contribution in [3.05, 3.63) is 34.4 Å². The van der Waals surface area contributed by atoms with Crippen molar-refractivity contribution in [2.24, 2.45) is 0 Å². The largest absolute Gasteiger partial charge is 0.514 e. The zero-order chi connectivity index (χ0) is 19.3. The lowest BCUT2D eigenvalue weighted by Gasteiger charge is -2.32. The number of benzene rings is 1. The fourth-order valence-corrected chi connectivity index (χ4v) is 2.37. The van der Waals surface area contributed by atoms with E-state index in [-0.39, 0.29) is 23.6 Å². The van der Waals surface area contributed by atoms with Gasteiger partial charge in [0.2, 0.25) is 0 Å². The van der Waals surface area contributed by atoms with Gasteiger partial charge in [0.15, 0.2) is 0 Å². The first kappa shape index (κ1) is 19.5. The number of nitro groups is 1. The van der Waals surface area contributed by atoms with Crippen LogP contribution in [0.5, 0.6) is 5.75 Å². The van der Waals surface area contributed by atoms with Gasteiger partial charge in [0, 0.05) is 38.1 Å². The van der Waals surface area contributed by atoms with Crippen molar-refractivity contribution in [3.63, 3.8) is 0 Å². The molecule has 0 unspecified atom stereocenters. The Balaban J connectivity index is 1.77. The number of hydrogen-bond acceptors (Lipinski definition) is 7. The first-order chi connectivity index (χ1) is 12.1. The number of piperidine rings is 1. The van der Waals surface area contributed by atoms with Crippen molar-refractivity contribution in [3.8, 4) is 5.75 Å². The highest BCUT2D eigenvalue weighted by Crippen LogP contribution is 2.20. The molecule has 1 heterocycles. The lowest BCUT2D eigenvalue weighted by atomic mass is 10.1. The maximum Gasteiger partial charge on any atom is 0.514 e. The molecule has 1 fully saturated rings. The predicted molar refractivity (Wildman–Crippen MR) is 91.0 cm³/mol. The Labute approximate surface area is 151 Å². The lowest BCUT2D eigenvalue weighted by Crippen LogP contribution is -2.44. The number of rotatable bonds is 3. The zero-order valence-electron chi connectivity index (χ0n) is 15.0. The van der Waals surface area contributed by atoms with Crippen molar-refractivity contribution in [2.45, 2.75) is 45.3 Å². The number of ether oxygens (including phenoxy) is 3. The fourth-order valence-electron chi connectivity index (χ4n) is 2.37. The SMILES string of the molecule is CC(C)(C)OC(=O)N1CCC(OC(=O)Oc2ccc([N+](=O)[O-])cc2)CC1. The van der Waals surface area contributed by atoms with E-state index in [1.54, 1.807) is 25.7 Å². The van der Waals surface area contributed by atoms with Crippen LogP contribution in [0.1, 0.15) is 33.6 Å². The molecule has 0 spiro atoms. The molecule has 0 radical (unpaired) electrons. The summed E-state index contributed by atoms with van der Waals surface area (Å²) in [5.74, 6) is 0.159. The maximum absolute atomic E-state index is 12.0. The standard InChI is InChI=1S/C17H22N2O7/c1-17(2,3)26-15(20)18-10-8-14(9-11-18)25-16(21)24-13-6-4-12(5-7-13)19(22)23/h4-7,14H,8-11H2,1-3H3. The fraction of sp³-hybridized carbons (Fsp3) is 0.529. The molecule has 9 nitrogen and oxygen atoms in total. The van der Waals surface area contributed by atoms with E-state index in [1.165, 1.54) is 24.3 Å². The summed E-state index contributed by atoms with van der Waals surface area (Å²) in [5.41, 5.74) is -0.654. The van der Waals surface area contributed by atoms with E-state index < -0.39 is 16.7 Å². The molecule has 1 aliphatic rings. The van der Waals surface area contributed by atoms with Gasteiger partial charge in [-0.1, -0.05) is 0 Å². The highest BCUT2D eigenvalue weighted by atomic mass is 16.7. The van der Waals surface area contributed by atoms with Crippen LogP contribution in [-0.4, -0.2) is 46.9 Å². The summed E-state index contributed by atoms with van der Waals surface area (Å²) >= 11 is 0. The summed E-state index contributed by atoms with van der Waals surface area (Å²) < 4.78 is 15.5. The molecule has 0 aromatic heterocycles. The van der Waals surface area contributed by atoms with Gasteiger partial charge in [0.25, 0.3) is 5.69 Å². The Morgan fingerprint density at radius 3 is 2.23 bits per heavy atom. The molecule has 0 saturated carbocycles. The number of hydrogen-bond donors (Lipinski definition) is 0. The molecule has 142 valence electrons. The van der Waals surface area contributed by atoms with E-state index in [2.05, 4.69) is 0 Å². The summed E-state index contributed by atoms with van der Waals surface area (Å²) in [5, 5.41) is 10.6. The van der Waals surface area contributed by atoms with E-state index >= 15 is 0 Å². The molecule has 1 aromatic rings. The number of likely N-dealkylation sites (tertiary alicyclic amines) is 1. The first-order valence-corrected chi connectivity index (χ1v) is 8.25. The summed E-state index contributed by atoms with van der Waals surface area (Å²) in [6.45, 7) is 6.24. The Morgan fingerprint density at radius 1 is 1.15 bits per heavy atom. The molecule has 0 N–H and O–H groups in total. The van der Waals surface area contributed by atoms with Crippen molar-refractivity contribution in [2.75, 3.05) is 13.1 Å². The normalized spacial score (nSPS) is 15.3. The van der Waals surface area contributed by atoms with Gasteiger partial charge in [-0.15, -0.1) is 0 Å². The highest BCUT2D eigenvalue weighted by molar-refractivity contribution is 5.68. The number of nitro benzene ring substituents is 1. The second-order valence-electron chi connectivity index (χ2n) is 6.89. The molecular formula is C17H22N2O7. The van der Waals surface area contributed by atoms with Crippen molar-refractivity contribution >= 4 is 17.9 Å². The molecule has 1 aliphatic heterocycles. The Morgan fingerprint density at radius 2 is 1.73 bits per heavy atom. The Hall–Kier alpha value is -2.84. The summed E-state index contributed by atoms with van der Waals surface area (Å²) in [6.07, 6.45) is -0.665. The molecule has 26 heavy (non-hydrogen) atoms. The third kappa shape index (κ3) is 5.91. The minimum Gasteiger partial charge on any atom is -0.444 e. The van der Waals surface area contributed by atoms with Gasteiger partial charge in [-0.2, -0.15) is 0 Å². The molecule has 0 bridgehead atoms. The van der Waals surface area contributed by atoms with E-state index in [0.29, 0.717) is 25.9 Å². The van der Waals surface area contributed by atoms with Crippen LogP contribution in [0.25, 0.3) is 0 Å². The van der Waals surface area contributed by atoms with Crippen LogP contribution in [0.15, 0.2) is 24.3 Å². The third-order valence-corrected chi connectivity index (χ3v) is 3.61. The van der Waals surface area contributed by atoms with Crippen LogP contribution in [0.3, 0.4) is 0 Å². The molecule has 9 heteroatoms. The highest BCUT2D eigenvalue weighted by Gasteiger charge is 2.28. The van der Waals surface area contributed by atoms with Crippen LogP contribution in [0.2, 0.25) is 0 Å². The number of carbonyl (C=O) groups is 2. The van der Waals surface area contributed by atoms with Crippen LogP contribution >= 0.6 is 0 Å². The van der Waals surface area contributed by atoms with Gasteiger partial charge >= 0.3 is 12.2 Å². The minimum atomic E-state index is -0.880. The molecule has 0 aliphatic carbocycles. The summed E-state index contributed by atoms with van der Waals surface area (Å²) in [6, 6.07) is 5.12. The number of non-ortho nitro benzene ring substituents is 1. The van der Waals surface area contributed by atoms with Gasteiger partial charge in [0.05, 0.1) is 4.92 Å². The molecule has 1 aromatic carbocycles. The van der Waals surface area contributed by atoms with Crippen LogP contribution in [-0.2, 0) is 9.47 Å². The van der Waals surface area contributed by atoms with Crippen molar-refractivity contribution in [1.29, 1.82) is 0 Å². The number of amides is 1. The third-order valence-electron chi connectivity index (χ3n) is 3.61. The second-order valence-corrected chi connectivity index (χ2v) is 6.89. The molecule has 0 atom stereocenters. The van der Waals surface area contributed by atoms with Crippen molar-refractivity contribution < 1.29 is 28.7 Å². The summed E-state index contributed by atoms with van der Waals surface area (Å²) in [7, 11) is 0. The molecule has 1 amide bonds. The van der Waals surface area contributed by atoms with Gasteiger partial charge in [0.1, 0.15) is 17.5 Å². The van der Waals surface area contributed by atoms with Gasteiger partial charge in [-0.25, -0.2) is 9.59 Å². The van der Waals surface area contributed by atoms with E-state index in [0.717, 1.165) is 0 Å². The smallest absolute Gasteiger partial charge is 0.444 e. The van der Waals surface area contributed by atoms with E-state index in [4.69, 9.17) is 14.2 Å². The predicted octanol–water partition coefficient (Wildman–Crippen LogP) is 3.51. The van der Waals surface area contributed by atoms with Gasteiger partial charge in [-0.05, 0) is 32.9 Å². The minimum absolute atomic E-state index is 0.0970. The maximum atomic E-state index is 12.0. The molecular weight excluding hydrogens is 344 g/mol. The number of nitrogens with zero attached hydrogens (tertiary/aromatic N) is 2. The topological polar surface area (TPSA) is 108 Å². The first-order valence-electron chi connectivity index (χ1n) is 8.25. The Bertz CT molecular complexity index is 659. The molecule has 1 saturated heterocycles. The zero-order valence-corrected chi connectivity index (χ0v) is 15.0. The molecule has 2 rings (SSSR count). The Kier molecular flexibility index (Phi) is 6.01. The second kappa shape index (κ2) is 8.03. The van der Waals surface area contributed by atoms with Gasteiger partial charge in [-0.3, -0.25) is 10.1 Å². The quantitative estimate of drug-likeness (QED) is 0.348. The van der Waals surface area contributed by atoms with Crippen LogP contribution in [0.4, 0.5) is 15.3 Å². The average molecular weight is 366 g/mol. The number of carbonyl (C=O) groups excluding carboxylic acids is 2. The van der Waals surface area contributed by atoms with E-state index in [9.17, 15) is 19.7 Å². The monoisotopic (exact) mass is 366 g/mol. The van der Waals surface area contributed by atoms with Crippen LogP contribution in [0, 0.1) is 10.1 Å². The average Bonchev–Trinajstić information content (AvgIpc) is 2.54. The van der Waals surface area contributed by atoms with Crippen LogP contribution < -0.4 is 4.74 Å². The van der Waals surface area contributed by atoms with Crippen molar-refractivity contribution in [1.82, 2.24) is 4.90 Å². The van der Waals surface area contributed by atoms with Gasteiger partial charge < -0.3 is 19.1 Å². The lowest BCUT2D eigenvalue weighted by molar-refractivity contribution is -0.384. The van der Waals surface area contributed by atoms with E-state index in [1.807, 2.05) is 0 Å². The summed E-state index contributed by atoms with van der Waals surface area (Å²) in [4.78, 5) is 35.4.